The molecule has 0 radical (unpaired) electrons. The molecular weight excluding hydrogens is 236 g/mol. The smallest absolute Gasteiger partial charge is 0.121 e. The molecule has 1 N–H and O–H groups in total. The molecule has 1 aliphatic rings. The van der Waals surface area contributed by atoms with E-state index < -0.39 is 0 Å². The van der Waals surface area contributed by atoms with Crippen LogP contribution in [0.4, 0.5) is 0 Å². The van der Waals surface area contributed by atoms with Crippen LogP contribution < -0.4 is 10.1 Å². The molecule has 1 fully saturated rings. The van der Waals surface area contributed by atoms with E-state index in [0.29, 0.717) is 5.54 Å². The number of hydrogen-bond acceptors (Lipinski definition) is 3. The number of benzene rings is 1. The first-order valence-electron chi connectivity index (χ1n) is 7.09. The summed E-state index contributed by atoms with van der Waals surface area (Å²) in [7, 11) is 6.15. The molecule has 1 aliphatic heterocycles. The van der Waals surface area contributed by atoms with Gasteiger partial charge in [0.25, 0.3) is 0 Å². The summed E-state index contributed by atoms with van der Waals surface area (Å²) in [6.07, 6.45) is 3.54. The molecule has 2 rings (SSSR count). The van der Waals surface area contributed by atoms with Gasteiger partial charge in [0.05, 0.1) is 7.11 Å². The maximum atomic E-state index is 5.34. The Morgan fingerprint density at radius 3 is 2.47 bits per heavy atom. The summed E-state index contributed by atoms with van der Waals surface area (Å²) in [5, 5.41) is 3.46. The monoisotopic (exact) mass is 262 g/mol. The van der Waals surface area contributed by atoms with Crippen LogP contribution in [0.5, 0.6) is 5.75 Å². The summed E-state index contributed by atoms with van der Waals surface area (Å²) in [6.45, 7) is 4.35. The van der Waals surface area contributed by atoms with Crippen LogP contribution in [0, 0.1) is 6.92 Å². The van der Waals surface area contributed by atoms with Gasteiger partial charge in [-0.2, -0.15) is 0 Å². The summed E-state index contributed by atoms with van der Waals surface area (Å²) < 4.78 is 5.34. The fraction of sp³-hybridized carbons (Fsp3) is 0.625. The van der Waals surface area contributed by atoms with Gasteiger partial charge in [0.15, 0.2) is 0 Å². The predicted octanol–water partition coefficient (Wildman–Crippen LogP) is 2.23. The third kappa shape index (κ3) is 3.10. The Kier molecular flexibility index (Phi) is 4.48. The van der Waals surface area contributed by atoms with Crippen LogP contribution in [-0.2, 0) is 6.42 Å². The van der Waals surface area contributed by atoms with Gasteiger partial charge >= 0.3 is 0 Å². The number of hydrogen-bond donors (Lipinski definition) is 1. The first-order chi connectivity index (χ1) is 9.07. The number of aryl methyl sites for hydroxylation is 1. The Bertz CT molecular complexity index is 423. The first-order valence-corrected chi connectivity index (χ1v) is 7.09. The summed E-state index contributed by atoms with van der Waals surface area (Å²) in [6, 6.07) is 6.57. The van der Waals surface area contributed by atoms with Crippen molar-refractivity contribution in [3.05, 3.63) is 29.3 Å². The Morgan fingerprint density at radius 2 is 1.95 bits per heavy atom. The van der Waals surface area contributed by atoms with Crippen LogP contribution in [0.2, 0.25) is 0 Å². The second-order valence-corrected chi connectivity index (χ2v) is 5.85. The summed E-state index contributed by atoms with van der Waals surface area (Å²) in [5.41, 5.74) is 2.93. The number of ether oxygens (including phenoxy) is 1. The Hall–Kier alpha value is -1.06. The Morgan fingerprint density at radius 1 is 1.26 bits per heavy atom. The van der Waals surface area contributed by atoms with Crippen molar-refractivity contribution in [2.45, 2.75) is 31.7 Å². The van der Waals surface area contributed by atoms with Gasteiger partial charge in [-0.3, -0.25) is 0 Å². The molecule has 0 bridgehead atoms. The molecule has 1 heterocycles. The van der Waals surface area contributed by atoms with Crippen LogP contribution in [-0.4, -0.2) is 44.7 Å². The molecule has 1 saturated heterocycles. The molecule has 0 unspecified atom stereocenters. The number of piperidine rings is 1. The summed E-state index contributed by atoms with van der Waals surface area (Å²) >= 11 is 0. The predicted molar refractivity (Wildman–Crippen MR) is 80.0 cm³/mol. The van der Waals surface area contributed by atoms with Crippen LogP contribution >= 0.6 is 0 Å². The number of likely N-dealkylation sites (N-methyl/N-ethyl adjacent to an activating group) is 1. The highest BCUT2D eigenvalue weighted by atomic mass is 16.5. The zero-order valence-electron chi connectivity index (χ0n) is 12.6. The number of rotatable bonds is 4. The van der Waals surface area contributed by atoms with Crippen LogP contribution in [0.1, 0.15) is 24.0 Å². The lowest BCUT2D eigenvalue weighted by Crippen LogP contribution is -2.53. The largest absolute Gasteiger partial charge is 0.496 e. The molecule has 0 aliphatic carbocycles. The Balaban J connectivity index is 2.19. The summed E-state index contributed by atoms with van der Waals surface area (Å²) in [4.78, 5) is 2.41. The molecule has 3 heteroatoms. The van der Waals surface area contributed by atoms with Crippen molar-refractivity contribution < 1.29 is 4.74 Å². The number of nitrogens with one attached hydrogen (secondary N) is 1. The lowest BCUT2D eigenvalue weighted by atomic mass is 9.81. The molecule has 0 atom stereocenters. The molecule has 0 spiro atoms. The van der Waals surface area contributed by atoms with E-state index in [-0.39, 0.29) is 0 Å². The first kappa shape index (κ1) is 14.4. The van der Waals surface area contributed by atoms with Gasteiger partial charge in [0.1, 0.15) is 5.75 Å². The highest BCUT2D eigenvalue weighted by molar-refractivity contribution is 5.36. The third-order valence-corrected chi connectivity index (χ3v) is 4.48. The fourth-order valence-corrected chi connectivity index (χ4v) is 3.10. The van der Waals surface area contributed by atoms with Gasteiger partial charge < -0.3 is 15.0 Å². The van der Waals surface area contributed by atoms with Crippen molar-refractivity contribution in [3.8, 4) is 5.75 Å². The van der Waals surface area contributed by atoms with Crippen LogP contribution in [0.3, 0.4) is 0 Å². The van der Waals surface area contributed by atoms with Crippen LogP contribution in [0.15, 0.2) is 18.2 Å². The molecule has 19 heavy (non-hydrogen) atoms. The maximum Gasteiger partial charge on any atom is 0.121 e. The van der Waals surface area contributed by atoms with E-state index in [4.69, 9.17) is 4.74 Å². The van der Waals surface area contributed by atoms with E-state index >= 15 is 0 Å². The van der Waals surface area contributed by atoms with Gasteiger partial charge in [-0.15, -0.1) is 0 Å². The van der Waals surface area contributed by atoms with E-state index in [2.05, 4.69) is 49.4 Å². The van der Waals surface area contributed by atoms with E-state index in [1.54, 1.807) is 7.11 Å². The average molecular weight is 262 g/mol. The molecule has 0 aromatic heterocycles. The van der Waals surface area contributed by atoms with E-state index in [1.807, 2.05) is 0 Å². The maximum absolute atomic E-state index is 5.34. The molecule has 0 saturated carbocycles. The molecular formula is C16H26N2O. The van der Waals surface area contributed by atoms with E-state index in [1.165, 1.54) is 24.0 Å². The SMILES string of the molecule is COc1ccc(CC2(N(C)C)CCNCC2)cc1C. The zero-order chi connectivity index (χ0) is 13.9. The quantitative estimate of drug-likeness (QED) is 0.900. The van der Waals surface area contributed by atoms with Crippen molar-refractivity contribution in [2.24, 2.45) is 0 Å². The molecule has 1 aromatic carbocycles. The minimum Gasteiger partial charge on any atom is -0.496 e. The van der Waals surface area contributed by atoms with Crippen molar-refractivity contribution in [1.29, 1.82) is 0 Å². The van der Waals surface area contributed by atoms with Gasteiger partial charge in [0, 0.05) is 5.54 Å². The number of methoxy groups -OCH3 is 1. The van der Waals surface area contributed by atoms with Crippen molar-refractivity contribution >= 4 is 0 Å². The van der Waals surface area contributed by atoms with Gasteiger partial charge in [-0.05, 0) is 70.6 Å². The standard InChI is InChI=1S/C16H26N2O/c1-13-11-14(5-6-15(13)19-4)12-16(18(2)3)7-9-17-10-8-16/h5-6,11,17H,7-10,12H2,1-4H3. The third-order valence-electron chi connectivity index (χ3n) is 4.48. The molecule has 0 amide bonds. The second-order valence-electron chi connectivity index (χ2n) is 5.85. The lowest BCUT2D eigenvalue weighted by molar-refractivity contribution is 0.108. The van der Waals surface area contributed by atoms with E-state index in [9.17, 15) is 0 Å². The fourth-order valence-electron chi connectivity index (χ4n) is 3.10. The Labute approximate surface area is 116 Å². The highest BCUT2D eigenvalue weighted by Crippen LogP contribution is 2.30. The van der Waals surface area contributed by atoms with Crippen molar-refractivity contribution in [1.82, 2.24) is 10.2 Å². The average Bonchev–Trinajstić information content (AvgIpc) is 2.40. The van der Waals surface area contributed by atoms with E-state index in [0.717, 1.165) is 25.3 Å². The lowest BCUT2D eigenvalue weighted by Gasteiger charge is -2.43. The van der Waals surface area contributed by atoms with Gasteiger partial charge in [-0.25, -0.2) is 0 Å². The number of nitrogens with zero attached hydrogens (tertiary/aromatic N) is 1. The van der Waals surface area contributed by atoms with Gasteiger partial charge in [0.2, 0.25) is 0 Å². The molecule has 3 nitrogen and oxygen atoms in total. The van der Waals surface area contributed by atoms with Crippen molar-refractivity contribution in [3.63, 3.8) is 0 Å². The normalized spacial score (nSPS) is 18.6. The van der Waals surface area contributed by atoms with Crippen molar-refractivity contribution in [2.75, 3.05) is 34.3 Å². The van der Waals surface area contributed by atoms with Gasteiger partial charge in [-0.1, -0.05) is 12.1 Å². The molecule has 106 valence electrons. The van der Waals surface area contributed by atoms with Crippen LogP contribution in [0.25, 0.3) is 0 Å². The minimum absolute atomic E-state index is 0.298. The zero-order valence-corrected chi connectivity index (χ0v) is 12.6. The minimum atomic E-state index is 0.298. The topological polar surface area (TPSA) is 24.5 Å². The highest BCUT2D eigenvalue weighted by Gasteiger charge is 2.34. The summed E-state index contributed by atoms with van der Waals surface area (Å²) in [5.74, 6) is 0.980. The second kappa shape index (κ2) is 5.93. The molecule has 1 aromatic rings.